The van der Waals surface area contributed by atoms with E-state index in [0.717, 1.165) is 25.8 Å². The first kappa shape index (κ1) is 16.3. The van der Waals surface area contributed by atoms with E-state index in [0.29, 0.717) is 5.82 Å². The van der Waals surface area contributed by atoms with Gasteiger partial charge in [-0.05, 0) is 30.9 Å². The zero-order valence-corrected chi connectivity index (χ0v) is 14.2. The van der Waals surface area contributed by atoms with E-state index < -0.39 is 4.92 Å². The van der Waals surface area contributed by atoms with E-state index in [1.165, 1.54) is 29.1 Å². The quantitative estimate of drug-likeness (QED) is 0.560. The van der Waals surface area contributed by atoms with Crippen molar-refractivity contribution in [2.24, 2.45) is 0 Å². The van der Waals surface area contributed by atoms with Gasteiger partial charge in [0.15, 0.2) is 0 Å². The van der Waals surface area contributed by atoms with Crippen molar-refractivity contribution in [1.29, 1.82) is 0 Å². The molecule has 7 heteroatoms. The van der Waals surface area contributed by atoms with Crippen molar-refractivity contribution in [3.63, 3.8) is 0 Å². The first-order valence-corrected chi connectivity index (χ1v) is 8.66. The highest BCUT2D eigenvalue weighted by atomic mass is 16.6. The molecular formula is C19H19N5O2. The number of benzene rings is 1. The van der Waals surface area contributed by atoms with Gasteiger partial charge in [-0.3, -0.25) is 14.8 Å². The number of hydrogen-bond acceptors (Lipinski definition) is 5. The van der Waals surface area contributed by atoms with Gasteiger partial charge in [-0.15, -0.1) is 0 Å². The molecule has 0 bridgehead atoms. The van der Waals surface area contributed by atoms with E-state index in [2.05, 4.69) is 32.2 Å². The molecule has 0 amide bonds. The van der Waals surface area contributed by atoms with Crippen molar-refractivity contribution in [3.8, 4) is 0 Å². The van der Waals surface area contributed by atoms with Crippen LogP contribution in [-0.2, 0) is 13.0 Å². The fraction of sp³-hybridized carbons (Fsp3) is 0.263. The molecule has 26 heavy (non-hydrogen) atoms. The van der Waals surface area contributed by atoms with Crippen molar-refractivity contribution in [2.45, 2.75) is 31.8 Å². The van der Waals surface area contributed by atoms with Gasteiger partial charge >= 0.3 is 0 Å². The predicted molar refractivity (Wildman–Crippen MR) is 98.0 cm³/mol. The first-order chi connectivity index (χ1) is 12.7. The Morgan fingerprint density at radius 3 is 2.77 bits per heavy atom. The summed E-state index contributed by atoms with van der Waals surface area (Å²) in [6, 6.07) is 13.5. The molecule has 1 N–H and O–H groups in total. The number of hydrogen-bond donors (Lipinski definition) is 1. The molecule has 1 aliphatic rings. The number of nitrogens with one attached hydrogen (secondary N) is 1. The summed E-state index contributed by atoms with van der Waals surface area (Å²) in [6.45, 7) is 0.763. The molecule has 1 aliphatic carbocycles. The van der Waals surface area contributed by atoms with E-state index in [1.54, 1.807) is 6.07 Å². The molecule has 2 heterocycles. The summed E-state index contributed by atoms with van der Waals surface area (Å²) in [6.07, 6.45) is 6.28. The Morgan fingerprint density at radius 2 is 2.04 bits per heavy atom. The van der Waals surface area contributed by atoms with Crippen LogP contribution >= 0.6 is 0 Å². The molecule has 3 aromatic rings. The number of fused-ring (bicyclic) bond motifs is 1. The van der Waals surface area contributed by atoms with Gasteiger partial charge in [0.25, 0.3) is 5.69 Å². The smallest absolute Gasteiger partial charge is 0.287 e. The molecule has 4 rings (SSSR count). The standard InChI is InChI=1S/C19H19N5O2/c25-24(26)15-9-10-19(20-11-15)22-17-7-4-8-18-16(17)12-21-23(18)13-14-5-2-1-3-6-14/h1-3,5-6,9-12,17H,4,7-8,13H2,(H,20,22)/t17-/m1/s1. The molecule has 0 fully saturated rings. The largest absolute Gasteiger partial charge is 0.363 e. The van der Waals surface area contributed by atoms with Gasteiger partial charge in [-0.2, -0.15) is 5.10 Å². The lowest BCUT2D eigenvalue weighted by atomic mass is 9.93. The van der Waals surface area contributed by atoms with Gasteiger partial charge in [-0.25, -0.2) is 4.98 Å². The SMILES string of the molecule is O=[N+]([O-])c1ccc(N[C@@H]2CCCc3c2cnn3Cc2ccccc2)nc1. The minimum Gasteiger partial charge on any atom is -0.363 e. The molecule has 7 nitrogen and oxygen atoms in total. The van der Waals surface area contributed by atoms with Gasteiger partial charge in [0.1, 0.15) is 12.0 Å². The van der Waals surface area contributed by atoms with E-state index >= 15 is 0 Å². The van der Waals surface area contributed by atoms with Crippen molar-refractivity contribution in [1.82, 2.24) is 14.8 Å². The second-order valence-electron chi connectivity index (χ2n) is 6.44. The summed E-state index contributed by atoms with van der Waals surface area (Å²) in [5.74, 6) is 0.643. The van der Waals surface area contributed by atoms with Crippen LogP contribution in [0.3, 0.4) is 0 Å². The average Bonchev–Trinajstić information content (AvgIpc) is 3.07. The lowest BCUT2D eigenvalue weighted by molar-refractivity contribution is -0.385. The third-order valence-corrected chi connectivity index (χ3v) is 4.72. The third kappa shape index (κ3) is 3.28. The van der Waals surface area contributed by atoms with Gasteiger partial charge < -0.3 is 5.32 Å². The minimum atomic E-state index is -0.441. The highest BCUT2D eigenvalue weighted by Crippen LogP contribution is 2.32. The fourth-order valence-corrected chi connectivity index (χ4v) is 3.42. The van der Waals surface area contributed by atoms with Crippen LogP contribution in [0.15, 0.2) is 54.9 Å². The molecule has 0 saturated carbocycles. The maximum atomic E-state index is 10.8. The van der Waals surface area contributed by atoms with Crippen LogP contribution in [-0.4, -0.2) is 19.7 Å². The summed E-state index contributed by atoms with van der Waals surface area (Å²) in [5, 5.41) is 18.7. The maximum absolute atomic E-state index is 10.8. The van der Waals surface area contributed by atoms with Crippen LogP contribution in [0.4, 0.5) is 11.5 Å². The van der Waals surface area contributed by atoms with Crippen molar-refractivity contribution >= 4 is 11.5 Å². The summed E-state index contributed by atoms with van der Waals surface area (Å²) in [7, 11) is 0. The van der Waals surface area contributed by atoms with E-state index in [1.807, 2.05) is 24.4 Å². The average molecular weight is 349 g/mol. The third-order valence-electron chi connectivity index (χ3n) is 4.72. The zero-order chi connectivity index (χ0) is 17.9. The Hall–Kier alpha value is -3.22. The molecule has 1 aromatic carbocycles. The normalized spacial score (nSPS) is 16.1. The van der Waals surface area contributed by atoms with Gasteiger partial charge in [0.2, 0.25) is 0 Å². The highest BCUT2D eigenvalue weighted by Gasteiger charge is 2.24. The summed E-state index contributed by atoms with van der Waals surface area (Å²) < 4.78 is 2.07. The summed E-state index contributed by atoms with van der Waals surface area (Å²) in [4.78, 5) is 14.5. The fourth-order valence-electron chi connectivity index (χ4n) is 3.42. The van der Waals surface area contributed by atoms with E-state index in [-0.39, 0.29) is 11.7 Å². The molecule has 0 unspecified atom stereocenters. The van der Waals surface area contributed by atoms with Crippen molar-refractivity contribution in [2.75, 3.05) is 5.32 Å². The van der Waals surface area contributed by atoms with Crippen LogP contribution < -0.4 is 5.32 Å². The topological polar surface area (TPSA) is 85.9 Å². The molecule has 0 saturated heterocycles. The Bertz CT molecular complexity index is 905. The lowest BCUT2D eigenvalue weighted by Gasteiger charge is -2.24. The van der Waals surface area contributed by atoms with Crippen molar-refractivity contribution < 1.29 is 4.92 Å². The van der Waals surface area contributed by atoms with Crippen molar-refractivity contribution in [3.05, 3.63) is 81.8 Å². The Labute approximate surface area is 150 Å². The molecule has 1 atom stereocenters. The van der Waals surface area contributed by atoms with Crippen LogP contribution in [0.1, 0.15) is 35.7 Å². The molecule has 2 aromatic heterocycles. The second kappa shape index (κ2) is 6.95. The van der Waals surface area contributed by atoms with Gasteiger partial charge in [0.05, 0.1) is 23.7 Å². The van der Waals surface area contributed by atoms with E-state index in [9.17, 15) is 10.1 Å². The Kier molecular flexibility index (Phi) is 4.35. The molecule has 0 radical (unpaired) electrons. The Balaban J connectivity index is 1.53. The lowest BCUT2D eigenvalue weighted by Crippen LogP contribution is -2.19. The number of nitrogens with zero attached hydrogens (tertiary/aromatic N) is 4. The second-order valence-corrected chi connectivity index (χ2v) is 6.44. The van der Waals surface area contributed by atoms with E-state index in [4.69, 9.17) is 0 Å². The van der Waals surface area contributed by atoms with Gasteiger partial charge in [-0.1, -0.05) is 30.3 Å². The minimum absolute atomic E-state index is 0.00411. The number of aromatic nitrogens is 3. The first-order valence-electron chi connectivity index (χ1n) is 8.66. The summed E-state index contributed by atoms with van der Waals surface area (Å²) >= 11 is 0. The number of rotatable bonds is 5. The van der Waals surface area contributed by atoms with Crippen LogP contribution in [0.25, 0.3) is 0 Å². The number of pyridine rings is 1. The number of anilines is 1. The molecule has 132 valence electrons. The van der Waals surface area contributed by atoms with Crippen LogP contribution in [0.5, 0.6) is 0 Å². The molecular weight excluding hydrogens is 330 g/mol. The molecule has 0 spiro atoms. The summed E-state index contributed by atoms with van der Waals surface area (Å²) in [5.41, 5.74) is 3.66. The van der Waals surface area contributed by atoms with Crippen LogP contribution in [0, 0.1) is 10.1 Å². The molecule has 0 aliphatic heterocycles. The maximum Gasteiger partial charge on any atom is 0.287 e. The van der Waals surface area contributed by atoms with Crippen LogP contribution in [0.2, 0.25) is 0 Å². The predicted octanol–water partition coefficient (Wildman–Crippen LogP) is 3.72. The van der Waals surface area contributed by atoms with Gasteiger partial charge in [0, 0.05) is 17.3 Å². The Morgan fingerprint density at radius 1 is 1.19 bits per heavy atom. The number of nitro groups is 1. The zero-order valence-electron chi connectivity index (χ0n) is 14.2. The highest BCUT2D eigenvalue weighted by molar-refractivity contribution is 5.43. The monoisotopic (exact) mass is 349 g/mol.